The summed E-state index contributed by atoms with van der Waals surface area (Å²) < 4.78 is 5.67. The first-order chi connectivity index (χ1) is 9.24. The lowest BCUT2D eigenvalue weighted by Gasteiger charge is -2.28. The van der Waals surface area contributed by atoms with Gasteiger partial charge in [-0.1, -0.05) is 6.92 Å². The summed E-state index contributed by atoms with van der Waals surface area (Å²) in [5, 5.41) is 3.71. The molecule has 0 aromatic carbocycles. The summed E-state index contributed by atoms with van der Waals surface area (Å²) >= 11 is 0. The normalized spacial score (nSPS) is 27.9. The van der Waals surface area contributed by atoms with Crippen LogP contribution in [0, 0.1) is 11.8 Å². The highest BCUT2D eigenvalue weighted by molar-refractivity contribution is 4.75. The van der Waals surface area contributed by atoms with Crippen molar-refractivity contribution in [2.75, 3.05) is 39.9 Å². The van der Waals surface area contributed by atoms with Gasteiger partial charge in [0, 0.05) is 32.3 Å². The Kier molecular flexibility index (Phi) is 6.62. The summed E-state index contributed by atoms with van der Waals surface area (Å²) in [7, 11) is 2.20. The zero-order chi connectivity index (χ0) is 13.5. The molecule has 112 valence electrons. The minimum Gasteiger partial charge on any atom is -0.380 e. The van der Waals surface area contributed by atoms with Crippen LogP contribution in [0.15, 0.2) is 0 Å². The minimum atomic E-state index is 0.774. The van der Waals surface area contributed by atoms with Crippen LogP contribution in [-0.4, -0.2) is 50.8 Å². The van der Waals surface area contributed by atoms with Gasteiger partial charge in [-0.3, -0.25) is 0 Å². The molecule has 0 bridgehead atoms. The molecular formula is C16H32N2O. The van der Waals surface area contributed by atoms with Crippen molar-refractivity contribution in [3.8, 4) is 0 Å². The summed E-state index contributed by atoms with van der Waals surface area (Å²) in [6.07, 6.45) is 8.33. The number of rotatable bonds is 9. The molecule has 3 heteroatoms. The van der Waals surface area contributed by atoms with Crippen LogP contribution in [0.4, 0.5) is 0 Å². The third-order valence-electron chi connectivity index (χ3n) is 4.61. The predicted molar refractivity (Wildman–Crippen MR) is 80.5 cm³/mol. The van der Waals surface area contributed by atoms with E-state index in [0.717, 1.165) is 50.7 Å². The Labute approximate surface area is 119 Å². The highest BCUT2D eigenvalue weighted by atomic mass is 16.5. The van der Waals surface area contributed by atoms with Gasteiger partial charge in [0.2, 0.25) is 0 Å². The molecule has 2 saturated carbocycles. The van der Waals surface area contributed by atoms with Crippen molar-refractivity contribution < 1.29 is 4.74 Å². The molecule has 0 heterocycles. The Bertz CT molecular complexity index is 235. The number of nitrogens with one attached hydrogen (secondary N) is 1. The molecule has 19 heavy (non-hydrogen) atoms. The first kappa shape index (κ1) is 15.3. The largest absolute Gasteiger partial charge is 0.380 e. The molecule has 0 saturated heterocycles. The first-order valence-corrected chi connectivity index (χ1v) is 8.23. The van der Waals surface area contributed by atoms with Crippen LogP contribution in [0.2, 0.25) is 0 Å². The summed E-state index contributed by atoms with van der Waals surface area (Å²) in [6, 6.07) is 0.774. The van der Waals surface area contributed by atoms with Crippen molar-refractivity contribution in [2.24, 2.45) is 11.8 Å². The standard InChI is InChI=1S/C16H32N2O/c1-14-3-7-16(8-4-14)17-9-10-18(2)11-12-19-13-15-5-6-15/h14-17H,3-13H2,1-2H3. The fraction of sp³-hybridized carbons (Fsp3) is 1.00. The van der Waals surface area contributed by atoms with Gasteiger partial charge in [0.1, 0.15) is 0 Å². The number of nitrogens with zero attached hydrogens (tertiary/aromatic N) is 1. The average molecular weight is 268 g/mol. The second-order valence-electron chi connectivity index (χ2n) is 6.73. The summed E-state index contributed by atoms with van der Waals surface area (Å²) in [5.74, 6) is 1.84. The zero-order valence-corrected chi connectivity index (χ0v) is 12.9. The molecular weight excluding hydrogens is 236 g/mol. The maximum absolute atomic E-state index is 5.67. The molecule has 2 fully saturated rings. The average Bonchev–Trinajstić information content (AvgIpc) is 3.21. The molecule has 0 amide bonds. The third kappa shape index (κ3) is 6.73. The van der Waals surface area contributed by atoms with Crippen LogP contribution in [-0.2, 0) is 4.74 Å². The Hall–Kier alpha value is -0.120. The molecule has 0 spiro atoms. The van der Waals surface area contributed by atoms with Crippen molar-refractivity contribution in [1.82, 2.24) is 10.2 Å². The maximum Gasteiger partial charge on any atom is 0.0593 e. The quantitative estimate of drug-likeness (QED) is 0.650. The Morgan fingerprint density at radius 3 is 2.47 bits per heavy atom. The van der Waals surface area contributed by atoms with E-state index in [0.29, 0.717) is 0 Å². The molecule has 3 nitrogen and oxygen atoms in total. The fourth-order valence-electron chi connectivity index (χ4n) is 2.79. The van der Waals surface area contributed by atoms with Gasteiger partial charge >= 0.3 is 0 Å². The van der Waals surface area contributed by atoms with Gasteiger partial charge in [0.25, 0.3) is 0 Å². The first-order valence-electron chi connectivity index (χ1n) is 8.23. The van der Waals surface area contributed by atoms with E-state index >= 15 is 0 Å². The van der Waals surface area contributed by atoms with E-state index in [4.69, 9.17) is 4.74 Å². The van der Waals surface area contributed by atoms with Crippen molar-refractivity contribution in [3.05, 3.63) is 0 Å². The molecule has 0 atom stereocenters. The number of hydrogen-bond donors (Lipinski definition) is 1. The number of likely N-dealkylation sites (N-methyl/N-ethyl adjacent to an activating group) is 1. The van der Waals surface area contributed by atoms with Crippen LogP contribution < -0.4 is 5.32 Å². The van der Waals surface area contributed by atoms with Crippen molar-refractivity contribution in [2.45, 2.75) is 51.5 Å². The molecule has 1 N–H and O–H groups in total. The third-order valence-corrected chi connectivity index (χ3v) is 4.61. The molecule has 2 rings (SSSR count). The molecule has 0 radical (unpaired) electrons. The van der Waals surface area contributed by atoms with Gasteiger partial charge in [-0.15, -0.1) is 0 Å². The van der Waals surface area contributed by atoms with E-state index in [-0.39, 0.29) is 0 Å². The maximum atomic E-state index is 5.67. The van der Waals surface area contributed by atoms with Crippen LogP contribution in [0.25, 0.3) is 0 Å². The summed E-state index contributed by atoms with van der Waals surface area (Å²) in [6.45, 7) is 7.60. The van der Waals surface area contributed by atoms with E-state index in [1.807, 2.05) is 0 Å². The van der Waals surface area contributed by atoms with E-state index in [1.165, 1.54) is 38.5 Å². The second kappa shape index (κ2) is 8.23. The Morgan fingerprint density at radius 2 is 1.79 bits per heavy atom. The van der Waals surface area contributed by atoms with Crippen molar-refractivity contribution >= 4 is 0 Å². The summed E-state index contributed by atoms with van der Waals surface area (Å²) in [5.41, 5.74) is 0. The topological polar surface area (TPSA) is 24.5 Å². The van der Waals surface area contributed by atoms with Gasteiger partial charge in [0.05, 0.1) is 6.61 Å². The highest BCUT2D eigenvalue weighted by Gasteiger charge is 2.21. The lowest BCUT2D eigenvalue weighted by atomic mass is 9.87. The van der Waals surface area contributed by atoms with Gasteiger partial charge < -0.3 is 15.0 Å². The van der Waals surface area contributed by atoms with Crippen LogP contribution in [0.5, 0.6) is 0 Å². The monoisotopic (exact) mass is 268 g/mol. The second-order valence-corrected chi connectivity index (χ2v) is 6.73. The number of ether oxygens (including phenoxy) is 1. The van der Waals surface area contributed by atoms with Crippen LogP contribution in [0.1, 0.15) is 45.4 Å². The Balaban J connectivity index is 1.41. The molecule has 2 aliphatic carbocycles. The Morgan fingerprint density at radius 1 is 1.05 bits per heavy atom. The highest BCUT2D eigenvalue weighted by Crippen LogP contribution is 2.28. The zero-order valence-electron chi connectivity index (χ0n) is 12.9. The molecule has 0 aromatic rings. The van der Waals surface area contributed by atoms with Crippen LogP contribution >= 0.6 is 0 Å². The van der Waals surface area contributed by atoms with Crippen LogP contribution in [0.3, 0.4) is 0 Å². The van der Waals surface area contributed by atoms with E-state index in [9.17, 15) is 0 Å². The molecule has 2 aliphatic rings. The van der Waals surface area contributed by atoms with Crippen molar-refractivity contribution in [1.29, 1.82) is 0 Å². The van der Waals surface area contributed by atoms with E-state index < -0.39 is 0 Å². The smallest absolute Gasteiger partial charge is 0.0593 e. The number of hydrogen-bond acceptors (Lipinski definition) is 3. The van der Waals surface area contributed by atoms with E-state index in [2.05, 4.69) is 24.2 Å². The van der Waals surface area contributed by atoms with Gasteiger partial charge in [-0.2, -0.15) is 0 Å². The van der Waals surface area contributed by atoms with E-state index in [1.54, 1.807) is 0 Å². The fourth-order valence-corrected chi connectivity index (χ4v) is 2.79. The molecule has 0 aliphatic heterocycles. The lowest BCUT2D eigenvalue weighted by molar-refractivity contribution is 0.103. The van der Waals surface area contributed by atoms with Gasteiger partial charge in [-0.25, -0.2) is 0 Å². The summed E-state index contributed by atoms with van der Waals surface area (Å²) in [4.78, 5) is 2.38. The molecule has 0 unspecified atom stereocenters. The van der Waals surface area contributed by atoms with Gasteiger partial charge in [0.15, 0.2) is 0 Å². The molecule has 0 aromatic heterocycles. The predicted octanol–water partition coefficient (Wildman–Crippen LogP) is 2.51. The van der Waals surface area contributed by atoms with Gasteiger partial charge in [-0.05, 0) is 57.4 Å². The van der Waals surface area contributed by atoms with Crippen molar-refractivity contribution in [3.63, 3.8) is 0 Å². The minimum absolute atomic E-state index is 0.774. The lowest BCUT2D eigenvalue weighted by Crippen LogP contribution is -2.38. The SMILES string of the molecule is CC1CCC(NCCN(C)CCOCC2CC2)CC1.